The zero-order valence-corrected chi connectivity index (χ0v) is 18.9. The number of aromatic nitrogens is 3. The van der Waals surface area contributed by atoms with Gasteiger partial charge in [-0.05, 0) is 59.9 Å². The molecule has 1 aliphatic carbocycles. The number of nitrogens with zero attached hydrogens (tertiary/aromatic N) is 3. The van der Waals surface area contributed by atoms with Crippen LogP contribution in [0.3, 0.4) is 0 Å². The lowest BCUT2D eigenvalue weighted by molar-refractivity contribution is -0.116. The highest BCUT2D eigenvalue weighted by Gasteiger charge is 2.31. The summed E-state index contributed by atoms with van der Waals surface area (Å²) in [6.45, 7) is 2.29. The number of nitrogens with one attached hydrogen (secondary N) is 1. The number of aryl methyl sites for hydroxylation is 1. The van der Waals surface area contributed by atoms with E-state index in [-0.39, 0.29) is 39.3 Å². The summed E-state index contributed by atoms with van der Waals surface area (Å²) in [6, 6.07) is 1.38. The minimum atomic E-state index is -2.72. The van der Waals surface area contributed by atoms with E-state index < -0.39 is 12.3 Å². The van der Waals surface area contributed by atoms with Crippen LogP contribution in [0.1, 0.15) is 58.2 Å². The Morgan fingerprint density at radius 2 is 2.17 bits per heavy atom. The highest BCUT2D eigenvalue weighted by Crippen LogP contribution is 2.48. The van der Waals surface area contributed by atoms with Gasteiger partial charge in [-0.3, -0.25) is 14.3 Å². The molecule has 4 rings (SSSR count). The molecule has 30 heavy (non-hydrogen) atoms. The van der Waals surface area contributed by atoms with E-state index in [0.717, 1.165) is 33.4 Å². The number of thiophene rings is 1. The molecular weight excluding hydrogens is 527 g/mol. The quantitative estimate of drug-likeness (QED) is 0.431. The number of carbonyl (C=O) groups excluding carboxylic acids is 2. The van der Waals surface area contributed by atoms with E-state index in [1.807, 2.05) is 6.92 Å². The molecule has 3 aromatic heterocycles. The van der Waals surface area contributed by atoms with Crippen molar-refractivity contribution in [1.82, 2.24) is 14.8 Å². The second kappa shape index (κ2) is 8.17. The molecule has 0 spiro atoms. The van der Waals surface area contributed by atoms with Crippen molar-refractivity contribution in [1.29, 1.82) is 0 Å². The molecule has 3 heterocycles. The zero-order chi connectivity index (χ0) is 21.6. The monoisotopic (exact) mass is 545 g/mol. The number of pyridine rings is 1. The number of primary amides is 1. The molecule has 158 valence electrons. The molecule has 1 saturated carbocycles. The summed E-state index contributed by atoms with van der Waals surface area (Å²) in [7, 11) is 0. The van der Waals surface area contributed by atoms with Crippen molar-refractivity contribution in [3.63, 3.8) is 0 Å². The third-order valence-electron chi connectivity index (χ3n) is 5.04. The molecule has 0 aromatic carbocycles. The summed E-state index contributed by atoms with van der Waals surface area (Å²) < 4.78 is 29.3. The van der Waals surface area contributed by atoms with Gasteiger partial charge in [0.05, 0.1) is 22.0 Å². The lowest BCUT2D eigenvalue weighted by atomic mass is 10.0. The SMILES string of the molecule is Cc1c(I)cnn1CCC(=O)Nc1c(C(N)=O)sc2nc(C(F)F)cc(C3CC3)c12. The van der Waals surface area contributed by atoms with E-state index in [2.05, 4.69) is 38.0 Å². The zero-order valence-electron chi connectivity index (χ0n) is 15.9. The number of carbonyl (C=O) groups is 2. The number of hydrogen-bond donors (Lipinski definition) is 2. The number of nitrogens with two attached hydrogens (primary N) is 1. The summed E-state index contributed by atoms with van der Waals surface area (Å²) in [5.74, 6) is -0.930. The van der Waals surface area contributed by atoms with E-state index in [1.165, 1.54) is 6.07 Å². The van der Waals surface area contributed by atoms with Crippen LogP contribution in [0.4, 0.5) is 14.5 Å². The number of amides is 2. The first kappa shape index (κ1) is 21.1. The first-order valence-electron chi connectivity index (χ1n) is 9.29. The van der Waals surface area contributed by atoms with Gasteiger partial charge in [0.15, 0.2) is 0 Å². The van der Waals surface area contributed by atoms with E-state index in [1.54, 1.807) is 10.9 Å². The number of anilines is 1. The normalized spacial score (nSPS) is 13.9. The van der Waals surface area contributed by atoms with Crippen molar-refractivity contribution in [2.24, 2.45) is 5.73 Å². The van der Waals surface area contributed by atoms with Crippen LogP contribution in [-0.2, 0) is 11.3 Å². The van der Waals surface area contributed by atoms with Crippen molar-refractivity contribution < 1.29 is 18.4 Å². The Morgan fingerprint density at radius 3 is 2.73 bits per heavy atom. The van der Waals surface area contributed by atoms with Crippen molar-refractivity contribution in [2.75, 3.05) is 5.32 Å². The van der Waals surface area contributed by atoms with E-state index in [4.69, 9.17) is 5.73 Å². The number of fused-ring (bicyclic) bond motifs is 1. The van der Waals surface area contributed by atoms with Crippen molar-refractivity contribution in [3.05, 3.63) is 37.7 Å². The van der Waals surface area contributed by atoms with Crippen LogP contribution in [0.5, 0.6) is 0 Å². The van der Waals surface area contributed by atoms with Gasteiger partial charge in [-0.1, -0.05) is 0 Å². The predicted octanol–water partition coefficient (Wildman–Crippen LogP) is 4.35. The lowest BCUT2D eigenvalue weighted by Crippen LogP contribution is -2.18. The van der Waals surface area contributed by atoms with Gasteiger partial charge in [0, 0.05) is 17.5 Å². The topological polar surface area (TPSA) is 103 Å². The number of alkyl halides is 2. The predicted molar refractivity (Wildman–Crippen MR) is 118 cm³/mol. The summed E-state index contributed by atoms with van der Waals surface area (Å²) in [5.41, 5.74) is 7.10. The molecule has 1 fully saturated rings. The Hall–Kier alpha value is -2.15. The Kier molecular flexibility index (Phi) is 5.75. The first-order chi connectivity index (χ1) is 14.3. The van der Waals surface area contributed by atoms with Crippen LogP contribution in [-0.4, -0.2) is 26.6 Å². The van der Waals surface area contributed by atoms with Crippen LogP contribution >= 0.6 is 33.9 Å². The standard InChI is InChI=1S/C19H18F2IN5O2S/c1-8-11(22)7-24-27(8)5-4-13(28)26-15-14-10(9-2-3-9)6-12(17(20)21)25-19(14)30-16(15)18(23)29/h6-7,9,17H,2-5H2,1H3,(H2,23,29)(H,26,28). The van der Waals surface area contributed by atoms with Gasteiger partial charge in [0.2, 0.25) is 5.91 Å². The summed E-state index contributed by atoms with van der Waals surface area (Å²) >= 11 is 3.10. The smallest absolute Gasteiger partial charge is 0.280 e. The fourth-order valence-electron chi connectivity index (χ4n) is 3.33. The molecule has 0 atom stereocenters. The third-order valence-corrected chi connectivity index (χ3v) is 7.19. The average molecular weight is 545 g/mol. The van der Waals surface area contributed by atoms with Crippen molar-refractivity contribution >= 4 is 61.6 Å². The van der Waals surface area contributed by atoms with Gasteiger partial charge < -0.3 is 11.1 Å². The third kappa shape index (κ3) is 4.04. The maximum Gasteiger partial charge on any atom is 0.280 e. The Morgan fingerprint density at radius 1 is 1.43 bits per heavy atom. The van der Waals surface area contributed by atoms with Crippen LogP contribution in [0.25, 0.3) is 10.2 Å². The van der Waals surface area contributed by atoms with Gasteiger partial charge in [-0.15, -0.1) is 11.3 Å². The molecule has 0 bridgehead atoms. The minimum absolute atomic E-state index is 0.115. The van der Waals surface area contributed by atoms with Gasteiger partial charge in [-0.2, -0.15) is 5.10 Å². The fraction of sp³-hybridized carbons (Fsp3) is 0.368. The van der Waals surface area contributed by atoms with E-state index in [9.17, 15) is 18.4 Å². The first-order valence-corrected chi connectivity index (χ1v) is 11.2. The second-order valence-corrected chi connectivity index (χ2v) is 9.32. The van der Waals surface area contributed by atoms with Gasteiger partial charge in [-0.25, -0.2) is 13.8 Å². The van der Waals surface area contributed by atoms with Crippen molar-refractivity contribution in [3.8, 4) is 0 Å². The maximum absolute atomic E-state index is 13.3. The lowest BCUT2D eigenvalue weighted by Gasteiger charge is -2.10. The molecular formula is C19H18F2IN5O2S. The second-order valence-electron chi connectivity index (χ2n) is 7.16. The molecule has 0 unspecified atom stereocenters. The van der Waals surface area contributed by atoms with Crippen LogP contribution in [0, 0.1) is 10.5 Å². The molecule has 3 N–H and O–H groups in total. The van der Waals surface area contributed by atoms with Gasteiger partial charge in [0.25, 0.3) is 12.3 Å². The Bertz CT molecular complexity index is 1160. The Labute approximate surface area is 188 Å². The molecule has 0 saturated heterocycles. The van der Waals surface area contributed by atoms with E-state index in [0.29, 0.717) is 17.5 Å². The molecule has 3 aromatic rings. The molecule has 2 amide bonds. The Balaban J connectivity index is 1.68. The highest BCUT2D eigenvalue weighted by atomic mass is 127. The molecule has 11 heteroatoms. The fourth-order valence-corrected chi connectivity index (χ4v) is 4.75. The van der Waals surface area contributed by atoms with Gasteiger partial charge in [0.1, 0.15) is 15.4 Å². The van der Waals surface area contributed by atoms with E-state index >= 15 is 0 Å². The average Bonchev–Trinajstić information content (AvgIpc) is 3.41. The molecule has 0 radical (unpaired) electrons. The largest absolute Gasteiger partial charge is 0.365 e. The number of halogens is 3. The summed E-state index contributed by atoms with van der Waals surface area (Å²) in [6.07, 6.45) is 0.876. The number of hydrogen-bond acceptors (Lipinski definition) is 5. The molecule has 7 nitrogen and oxygen atoms in total. The number of rotatable bonds is 7. The van der Waals surface area contributed by atoms with Crippen LogP contribution in [0.2, 0.25) is 0 Å². The van der Waals surface area contributed by atoms with Crippen LogP contribution < -0.4 is 11.1 Å². The van der Waals surface area contributed by atoms with Crippen molar-refractivity contribution in [2.45, 2.75) is 45.1 Å². The maximum atomic E-state index is 13.3. The summed E-state index contributed by atoms with van der Waals surface area (Å²) in [5, 5.41) is 7.55. The minimum Gasteiger partial charge on any atom is -0.365 e. The van der Waals surface area contributed by atoms with Crippen LogP contribution in [0.15, 0.2) is 12.3 Å². The van der Waals surface area contributed by atoms with Gasteiger partial charge >= 0.3 is 0 Å². The highest BCUT2D eigenvalue weighted by molar-refractivity contribution is 14.1. The molecule has 0 aliphatic heterocycles. The summed E-state index contributed by atoms with van der Waals surface area (Å²) in [4.78, 5) is 29.1. The molecule has 1 aliphatic rings.